The largest absolute Gasteiger partial charge is 0.483 e. The van der Waals surface area contributed by atoms with Crippen LogP contribution in [0.4, 0.5) is 0 Å². The molecule has 1 aliphatic rings. The van der Waals surface area contributed by atoms with Crippen molar-refractivity contribution in [3.63, 3.8) is 0 Å². The zero-order valence-corrected chi connectivity index (χ0v) is 11.8. The predicted octanol–water partition coefficient (Wildman–Crippen LogP) is 3.77. The van der Waals surface area contributed by atoms with Crippen LogP contribution in [-0.2, 0) is 0 Å². The van der Waals surface area contributed by atoms with Crippen molar-refractivity contribution >= 4 is 21.5 Å². The van der Waals surface area contributed by atoms with Gasteiger partial charge in [0, 0.05) is 21.8 Å². The highest BCUT2D eigenvalue weighted by molar-refractivity contribution is 9.10. The quantitative estimate of drug-likeness (QED) is 0.871. The third-order valence-electron chi connectivity index (χ3n) is 2.87. The summed E-state index contributed by atoms with van der Waals surface area (Å²) in [5.74, 6) is 0.892. The van der Waals surface area contributed by atoms with Crippen LogP contribution in [0.15, 0.2) is 41.3 Å². The van der Waals surface area contributed by atoms with E-state index < -0.39 is 0 Å². The molecule has 1 aromatic carbocycles. The number of H-pyrrole nitrogens is 1. The maximum Gasteiger partial charge on any atom is 0.128 e. The molecule has 0 spiro atoms. The van der Waals surface area contributed by atoms with Crippen molar-refractivity contribution in [1.29, 1.82) is 0 Å². The normalized spacial score (nSPS) is 16.7. The van der Waals surface area contributed by atoms with E-state index in [9.17, 15) is 0 Å². The second-order valence-electron chi connectivity index (χ2n) is 4.86. The third kappa shape index (κ3) is 1.97. The van der Waals surface area contributed by atoms with Crippen molar-refractivity contribution in [2.45, 2.75) is 19.4 Å². The molecule has 18 heavy (non-hydrogen) atoms. The highest BCUT2D eigenvalue weighted by Crippen LogP contribution is 2.39. The average Bonchev–Trinajstić information content (AvgIpc) is 2.81. The van der Waals surface area contributed by atoms with E-state index in [1.165, 1.54) is 0 Å². The predicted molar refractivity (Wildman–Crippen MR) is 74.5 cm³/mol. The molecule has 1 aromatic heterocycles. The molecular formula is C14H13BrN2O. The van der Waals surface area contributed by atoms with Gasteiger partial charge in [-0.05, 0) is 38.1 Å². The fraction of sp³-hybridized carbons (Fsp3) is 0.214. The van der Waals surface area contributed by atoms with E-state index in [0.29, 0.717) is 0 Å². The lowest BCUT2D eigenvalue weighted by atomic mass is 9.93. The van der Waals surface area contributed by atoms with Crippen molar-refractivity contribution in [2.75, 3.05) is 0 Å². The standard InChI is InChI=1S/C14H13BrN2O/c1-14(2)6-11(12-7-16-8-17-12)10-5-9(15)3-4-13(10)18-14/h3-8H,1-2H3,(H,16,17). The minimum Gasteiger partial charge on any atom is -0.483 e. The number of imidazole rings is 1. The number of halogens is 1. The van der Waals surface area contributed by atoms with Crippen LogP contribution in [-0.4, -0.2) is 15.6 Å². The first-order valence-corrected chi connectivity index (χ1v) is 6.55. The van der Waals surface area contributed by atoms with Crippen LogP contribution in [0.25, 0.3) is 5.57 Å². The minimum absolute atomic E-state index is 0.324. The number of rotatable bonds is 1. The first-order valence-electron chi connectivity index (χ1n) is 5.76. The Morgan fingerprint density at radius 1 is 1.33 bits per heavy atom. The van der Waals surface area contributed by atoms with Crippen molar-refractivity contribution in [3.8, 4) is 5.75 Å². The van der Waals surface area contributed by atoms with Gasteiger partial charge >= 0.3 is 0 Å². The number of benzene rings is 1. The molecule has 0 radical (unpaired) electrons. The fourth-order valence-corrected chi connectivity index (χ4v) is 2.52. The van der Waals surface area contributed by atoms with Gasteiger partial charge in [0.15, 0.2) is 0 Å². The molecule has 92 valence electrons. The Morgan fingerprint density at radius 3 is 2.89 bits per heavy atom. The fourth-order valence-electron chi connectivity index (χ4n) is 2.16. The molecule has 0 saturated carbocycles. The zero-order chi connectivity index (χ0) is 12.8. The molecule has 0 atom stereocenters. The molecule has 1 aliphatic heterocycles. The second kappa shape index (κ2) is 3.99. The molecule has 1 N–H and O–H groups in total. The van der Waals surface area contributed by atoms with Gasteiger partial charge in [0.05, 0.1) is 12.0 Å². The Bertz CT molecular complexity index is 615. The maximum atomic E-state index is 5.97. The van der Waals surface area contributed by atoms with Gasteiger partial charge in [-0.1, -0.05) is 15.9 Å². The van der Waals surface area contributed by atoms with E-state index in [4.69, 9.17) is 4.74 Å². The first-order chi connectivity index (χ1) is 8.55. The van der Waals surface area contributed by atoms with Gasteiger partial charge in [-0.25, -0.2) is 4.98 Å². The summed E-state index contributed by atoms with van der Waals surface area (Å²) in [5.41, 5.74) is 2.78. The summed E-state index contributed by atoms with van der Waals surface area (Å²) in [7, 11) is 0. The number of hydrogen-bond donors (Lipinski definition) is 1. The maximum absolute atomic E-state index is 5.97. The molecule has 0 unspecified atom stereocenters. The average molecular weight is 305 g/mol. The summed E-state index contributed by atoms with van der Waals surface area (Å²) in [6.45, 7) is 4.09. The van der Waals surface area contributed by atoms with E-state index in [2.05, 4.69) is 38.0 Å². The number of hydrogen-bond acceptors (Lipinski definition) is 2. The lowest BCUT2D eigenvalue weighted by Gasteiger charge is -2.30. The lowest BCUT2D eigenvalue weighted by Crippen LogP contribution is -2.29. The van der Waals surface area contributed by atoms with Crippen LogP contribution in [0.1, 0.15) is 25.1 Å². The number of nitrogens with zero attached hydrogens (tertiary/aromatic N) is 1. The van der Waals surface area contributed by atoms with Gasteiger partial charge in [0.25, 0.3) is 0 Å². The van der Waals surface area contributed by atoms with Gasteiger partial charge in [0.2, 0.25) is 0 Å². The Kier molecular flexibility index (Phi) is 2.55. The van der Waals surface area contributed by atoms with Crippen LogP contribution in [0, 0.1) is 0 Å². The summed E-state index contributed by atoms with van der Waals surface area (Å²) in [6.07, 6.45) is 5.70. The van der Waals surface area contributed by atoms with Gasteiger partial charge in [-0.2, -0.15) is 0 Å². The summed E-state index contributed by atoms with van der Waals surface area (Å²) >= 11 is 3.50. The molecule has 0 saturated heterocycles. The van der Waals surface area contributed by atoms with E-state index in [-0.39, 0.29) is 5.60 Å². The van der Waals surface area contributed by atoms with Gasteiger partial charge in [-0.3, -0.25) is 0 Å². The molecule has 3 rings (SSSR count). The van der Waals surface area contributed by atoms with Crippen LogP contribution in [0.2, 0.25) is 0 Å². The van der Waals surface area contributed by atoms with Crippen molar-refractivity contribution in [3.05, 3.63) is 52.5 Å². The summed E-state index contributed by atoms with van der Waals surface area (Å²) in [5, 5.41) is 0. The monoisotopic (exact) mass is 304 g/mol. The van der Waals surface area contributed by atoms with Crippen molar-refractivity contribution < 1.29 is 4.74 Å². The molecule has 0 bridgehead atoms. The zero-order valence-electron chi connectivity index (χ0n) is 10.2. The van der Waals surface area contributed by atoms with E-state index in [1.807, 2.05) is 32.2 Å². The number of aromatic nitrogens is 2. The molecular weight excluding hydrogens is 292 g/mol. The molecule has 4 heteroatoms. The Balaban J connectivity index is 2.22. The second-order valence-corrected chi connectivity index (χ2v) is 5.77. The lowest BCUT2D eigenvalue weighted by molar-refractivity contribution is 0.158. The molecule has 3 nitrogen and oxygen atoms in total. The summed E-state index contributed by atoms with van der Waals surface area (Å²) in [4.78, 5) is 7.33. The highest BCUT2D eigenvalue weighted by atomic mass is 79.9. The number of aromatic amines is 1. The summed E-state index contributed by atoms with van der Waals surface area (Å²) < 4.78 is 7.00. The Hall–Kier alpha value is -1.55. The topological polar surface area (TPSA) is 37.9 Å². The van der Waals surface area contributed by atoms with Gasteiger partial charge < -0.3 is 9.72 Å². The van der Waals surface area contributed by atoms with Gasteiger partial charge in [0.1, 0.15) is 11.4 Å². The molecule has 2 aromatic rings. The first kappa shape index (κ1) is 11.5. The molecule has 0 aliphatic carbocycles. The van der Waals surface area contributed by atoms with E-state index >= 15 is 0 Å². The third-order valence-corrected chi connectivity index (χ3v) is 3.36. The van der Waals surface area contributed by atoms with Crippen LogP contribution < -0.4 is 4.74 Å². The Morgan fingerprint density at radius 2 is 2.17 bits per heavy atom. The molecule has 2 heterocycles. The summed E-state index contributed by atoms with van der Waals surface area (Å²) in [6, 6.07) is 6.04. The Labute approximate surface area is 114 Å². The highest BCUT2D eigenvalue weighted by Gasteiger charge is 2.27. The molecule has 0 amide bonds. The van der Waals surface area contributed by atoms with Crippen molar-refractivity contribution in [2.24, 2.45) is 0 Å². The number of ether oxygens (including phenoxy) is 1. The van der Waals surface area contributed by atoms with E-state index in [1.54, 1.807) is 6.33 Å². The van der Waals surface area contributed by atoms with Crippen molar-refractivity contribution in [1.82, 2.24) is 9.97 Å². The SMILES string of the molecule is CC1(C)C=C(c2c[nH]cn2)c2cc(Br)ccc2O1. The van der Waals surface area contributed by atoms with Crippen LogP contribution in [0.3, 0.4) is 0 Å². The number of fused-ring (bicyclic) bond motifs is 1. The van der Waals surface area contributed by atoms with Crippen LogP contribution >= 0.6 is 15.9 Å². The van der Waals surface area contributed by atoms with E-state index in [0.717, 1.165) is 27.1 Å². The minimum atomic E-state index is -0.324. The van der Waals surface area contributed by atoms with Crippen LogP contribution in [0.5, 0.6) is 5.75 Å². The van der Waals surface area contributed by atoms with Gasteiger partial charge in [-0.15, -0.1) is 0 Å². The smallest absolute Gasteiger partial charge is 0.128 e. The molecule has 0 fully saturated rings. The number of nitrogens with one attached hydrogen (secondary N) is 1.